The Morgan fingerprint density at radius 1 is 0.952 bits per heavy atom. The highest BCUT2D eigenvalue weighted by molar-refractivity contribution is 5.38. The summed E-state index contributed by atoms with van der Waals surface area (Å²) in [4.78, 5) is 0. The first-order chi connectivity index (χ1) is 9.93. The Kier molecular flexibility index (Phi) is 7.72. The molecule has 1 aromatic carbocycles. The van der Waals surface area contributed by atoms with E-state index in [1.165, 1.54) is 5.56 Å². The van der Waals surface area contributed by atoms with Crippen molar-refractivity contribution in [3.05, 3.63) is 29.3 Å². The molecular weight excluding hydrogens is 268 g/mol. The van der Waals surface area contributed by atoms with Crippen molar-refractivity contribution in [1.82, 2.24) is 0 Å². The number of hydrogen-bond donors (Lipinski definition) is 1. The van der Waals surface area contributed by atoms with Gasteiger partial charge in [-0.15, -0.1) is 0 Å². The highest BCUT2D eigenvalue weighted by Gasteiger charge is 2.11. The molecule has 0 radical (unpaired) electrons. The van der Waals surface area contributed by atoms with Gasteiger partial charge in [-0.05, 0) is 51.8 Å². The number of aliphatic hydroxyl groups is 1. The van der Waals surface area contributed by atoms with Crippen LogP contribution in [0.15, 0.2) is 18.2 Å². The zero-order chi connectivity index (χ0) is 15.8. The summed E-state index contributed by atoms with van der Waals surface area (Å²) in [6, 6.07) is 6.05. The molecule has 0 saturated heterocycles. The minimum Gasteiger partial charge on any atom is -0.488 e. The fourth-order valence-corrected chi connectivity index (χ4v) is 1.80. The van der Waals surface area contributed by atoms with Gasteiger partial charge < -0.3 is 19.3 Å². The Hall–Kier alpha value is -1.10. The van der Waals surface area contributed by atoms with Gasteiger partial charge >= 0.3 is 0 Å². The lowest BCUT2D eigenvalue weighted by Crippen LogP contribution is -2.27. The zero-order valence-corrected chi connectivity index (χ0v) is 13.8. The lowest BCUT2D eigenvalue weighted by Gasteiger charge is -2.21. The molecule has 0 spiro atoms. The van der Waals surface area contributed by atoms with Crippen LogP contribution in [-0.2, 0) is 9.47 Å². The summed E-state index contributed by atoms with van der Waals surface area (Å²) in [5.74, 6) is 0.906. The number of hydrogen-bond acceptors (Lipinski definition) is 4. The molecule has 3 unspecified atom stereocenters. The molecule has 21 heavy (non-hydrogen) atoms. The first-order valence-corrected chi connectivity index (χ1v) is 7.51. The van der Waals surface area contributed by atoms with Crippen LogP contribution in [0, 0.1) is 13.8 Å². The van der Waals surface area contributed by atoms with E-state index in [4.69, 9.17) is 19.3 Å². The number of aryl methyl sites for hydroxylation is 1. The van der Waals surface area contributed by atoms with Crippen LogP contribution in [-0.4, -0.2) is 43.2 Å². The molecule has 0 heterocycles. The largest absolute Gasteiger partial charge is 0.488 e. The Bertz CT molecular complexity index is 419. The van der Waals surface area contributed by atoms with Crippen molar-refractivity contribution in [3.8, 4) is 5.75 Å². The van der Waals surface area contributed by atoms with Crippen LogP contribution >= 0.6 is 0 Å². The van der Waals surface area contributed by atoms with Crippen LogP contribution in [0.1, 0.15) is 31.9 Å². The smallest absolute Gasteiger partial charge is 0.123 e. The van der Waals surface area contributed by atoms with Gasteiger partial charge in [-0.3, -0.25) is 0 Å². The van der Waals surface area contributed by atoms with Gasteiger partial charge in [0.2, 0.25) is 0 Å². The summed E-state index contributed by atoms with van der Waals surface area (Å²) in [6.07, 6.45) is -0.202. The number of benzene rings is 1. The highest BCUT2D eigenvalue weighted by atomic mass is 16.6. The van der Waals surface area contributed by atoms with E-state index in [0.717, 1.165) is 11.3 Å². The maximum Gasteiger partial charge on any atom is 0.123 e. The van der Waals surface area contributed by atoms with Gasteiger partial charge in [0.1, 0.15) is 11.9 Å². The van der Waals surface area contributed by atoms with Gasteiger partial charge in [-0.2, -0.15) is 0 Å². The Labute approximate surface area is 128 Å². The fourth-order valence-electron chi connectivity index (χ4n) is 1.80. The van der Waals surface area contributed by atoms with E-state index in [9.17, 15) is 0 Å². The molecule has 120 valence electrons. The molecule has 0 aromatic heterocycles. The van der Waals surface area contributed by atoms with Crippen LogP contribution in [0.25, 0.3) is 0 Å². The number of aliphatic hydroxyl groups excluding tert-OH is 1. The molecule has 0 aliphatic carbocycles. The van der Waals surface area contributed by atoms with Crippen LogP contribution in [0.5, 0.6) is 5.75 Å². The molecule has 4 heteroatoms. The summed E-state index contributed by atoms with van der Waals surface area (Å²) in [7, 11) is 0. The second-order valence-corrected chi connectivity index (χ2v) is 5.60. The first kappa shape index (κ1) is 18.0. The van der Waals surface area contributed by atoms with Crippen LogP contribution in [0.4, 0.5) is 0 Å². The van der Waals surface area contributed by atoms with Gasteiger partial charge in [0.25, 0.3) is 0 Å². The van der Waals surface area contributed by atoms with E-state index in [1.807, 2.05) is 32.9 Å². The molecule has 1 aromatic rings. The minimum atomic E-state index is -0.153. The SMILES string of the molecule is Cc1cccc(OC(C)COC(C)COC(C)CO)c1C. The molecule has 0 saturated carbocycles. The molecule has 0 aliphatic heterocycles. The monoisotopic (exact) mass is 296 g/mol. The van der Waals surface area contributed by atoms with Gasteiger partial charge in [0.15, 0.2) is 0 Å². The predicted molar refractivity (Wildman–Crippen MR) is 83.9 cm³/mol. The van der Waals surface area contributed by atoms with Crippen molar-refractivity contribution in [2.75, 3.05) is 19.8 Å². The van der Waals surface area contributed by atoms with E-state index in [0.29, 0.717) is 13.2 Å². The first-order valence-electron chi connectivity index (χ1n) is 7.51. The summed E-state index contributed by atoms with van der Waals surface area (Å²) in [5, 5.41) is 8.89. The molecule has 3 atom stereocenters. The quantitative estimate of drug-likeness (QED) is 0.761. The second kappa shape index (κ2) is 9.03. The van der Waals surface area contributed by atoms with E-state index in [-0.39, 0.29) is 24.9 Å². The van der Waals surface area contributed by atoms with E-state index in [1.54, 1.807) is 0 Å². The Balaban J connectivity index is 2.33. The molecule has 0 aliphatic rings. The normalized spacial score (nSPS) is 15.5. The summed E-state index contributed by atoms with van der Waals surface area (Å²) in [6.45, 7) is 10.9. The fraction of sp³-hybridized carbons (Fsp3) is 0.647. The number of rotatable bonds is 9. The summed E-state index contributed by atoms with van der Waals surface area (Å²) >= 11 is 0. The summed E-state index contributed by atoms with van der Waals surface area (Å²) < 4.78 is 17.0. The van der Waals surface area contributed by atoms with Crippen molar-refractivity contribution >= 4 is 0 Å². The zero-order valence-electron chi connectivity index (χ0n) is 13.8. The second-order valence-electron chi connectivity index (χ2n) is 5.60. The molecule has 1 N–H and O–H groups in total. The third kappa shape index (κ3) is 6.46. The summed E-state index contributed by atoms with van der Waals surface area (Å²) in [5.41, 5.74) is 2.39. The predicted octanol–water partition coefficient (Wildman–Crippen LogP) is 2.87. The van der Waals surface area contributed by atoms with Crippen molar-refractivity contribution in [1.29, 1.82) is 0 Å². The van der Waals surface area contributed by atoms with E-state index >= 15 is 0 Å². The minimum absolute atomic E-state index is 0.0244. The van der Waals surface area contributed by atoms with E-state index < -0.39 is 0 Å². The maximum atomic E-state index is 8.89. The molecule has 0 fully saturated rings. The molecule has 0 bridgehead atoms. The van der Waals surface area contributed by atoms with Crippen LogP contribution < -0.4 is 4.74 Å². The van der Waals surface area contributed by atoms with Crippen LogP contribution in [0.3, 0.4) is 0 Å². The van der Waals surface area contributed by atoms with Crippen molar-refractivity contribution in [2.45, 2.75) is 52.9 Å². The standard InChI is InChI=1S/C17H28O4/c1-12-7-6-8-17(16(12)5)21-15(4)11-20-14(3)10-19-13(2)9-18/h6-8,13-15,18H,9-11H2,1-5H3. The molecular formula is C17H28O4. The van der Waals surface area contributed by atoms with Gasteiger partial charge in [0.05, 0.1) is 32.0 Å². The average Bonchev–Trinajstić information content (AvgIpc) is 2.47. The maximum absolute atomic E-state index is 8.89. The lowest BCUT2D eigenvalue weighted by molar-refractivity contribution is -0.0591. The van der Waals surface area contributed by atoms with Crippen LogP contribution in [0.2, 0.25) is 0 Å². The molecule has 0 amide bonds. The van der Waals surface area contributed by atoms with Gasteiger partial charge in [0, 0.05) is 0 Å². The third-order valence-electron chi connectivity index (χ3n) is 3.37. The van der Waals surface area contributed by atoms with Gasteiger partial charge in [-0.1, -0.05) is 12.1 Å². The lowest BCUT2D eigenvalue weighted by atomic mass is 10.1. The van der Waals surface area contributed by atoms with Crippen molar-refractivity contribution in [3.63, 3.8) is 0 Å². The Morgan fingerprint density at radius 2 is 1.57 bits per heavy atom. The molecule has 4 nitrogen and oxygen atoms in total. The topological polar surface area (TPSA) is 47.9 Å². The molecule has 1 rings (SSSR count). The van der Waals surface area contributed by atoms with Gasteiger partial charge in [-0.25, -0.2) is 0 Å². The van der Waals surface area contributed by atoms with Crippen molar-refractivity contribution in [2.24, 2.45) is 0 Å². The van der Waals surface area contributed by atoms with E-state index in [2.05, 4.69) is 19.9 Å². The highest BCUT2D eigenvalue weighted by Crippen LogP contribution is 2.21. The van der Waals surface area contributed by atoms with Crippen molar-refractivity contribution < 1.29 is 19.3 Å². The Morgan fingerprint density at radius 3 is 2.24 bits per heavy atom. The third-order valence-corrected chi connectivity index (χ3v) is 3.37. The average molecular weight is 296 g/mol. The number of ether oxygens (including phenoxy) is 3.